The molecule has 27 heavy (non-hydrogen) atoms. The first-order chi connectivity index (χ1) is 12.7. The van der Waals surface area contributed by atoms with Crippen molar-refractivity contribution in [3.05, 3.63) is 58.8 Å². The molecule has 5 heteroatoms. The lowest BCUT2D eigenvalue weighted by Gasteiger charge is -2.25. The molecule has 0 radical (unpaired) electrons. The topological polar surface area (TPSA) is 42.2 Å². The molecule has 1 N–H and O–H groups in total. The molecule has 0 amide bonds. The molecule has 2 aromatic rings. The quantitative estimate of drug-likeness (QED) is 0.691. The van der Waals surface area contributed by atoms with Gasteiger partial charge in [-0.1, -0.05) is 26.0 Å². The highest BCUT2D eigenvalue weighted by Gasteiger charge is 2.32. The van der Waals surface area contributed by atoms with Gasteiger partial charge in [0.25, 0.3) is 5.92 Å². The number of nitrogens with zero attached hydrogens (tertiary/aromatic N) is 1. The Bertz CT molecular complexity index is 932. The molecular weight excluding hydrogens is 348 g/mol. The summed E-state index contributed by atoms with van der Waals surface area (Å²) in [6.45, 7) is 5.72. The van der Waals surface area contributed by atoms with E-state index in [-0.39, 0.29) is 17.1 Å². The van der Waals surface area contributed by atoms with Crippen LogP contribution in [0.1, 0.15) is 49.7 Å². The lowest BCUT2D eigenvalue weighted by molar-refractivity contribution is 0.0642. The highest BCUT2D eigenvalue weighted by molar-refractivity contribution is 5.94. The van der Waals surface area contributed by atoms with Gasteiger partial charge < -0.3 is 9.67 Å². The Morgan fingerprint density at radius 3 is 2.70 bits per heavy atom. The zero-order chi connectivity index (χ0) is 19.8. The third kappa shape index (κ3) is 3.97. The normalized spacial score (nSPS) is 17.7. The molecule has 3 nitrogen and oxygen atoms in total. The lowest BCUT2D eigenvalue weighted by Crippen LogP contribution is -2.20. The van der Waals surface area contributed by atoms with Crippen LogP contribution in [0.5, 0.6) is 0 Å². The molecule has 144 valence electrons. The van der Waals surface area contributed by atoms with Crippen LogP contribution in [-0.4, -0.2) is 21.6 Å². The molecule has 1 aliphatic carbocycles. The predicted molar refractivity (Wildman–Crippen MR) is 103 cm³/mol. The summed E-state index contributed by atoms with van der Waals surface area (Å²) in [5, 5.41) is 10.1. The Morgan fingerprint density at radius 2 is 2.07 bits per heavy atom. The second-order valence-corrected chi connectivity index (χ2v) is 7.45. The standard InChI is InChI=1S/C22H25F2NO2/c1-4-9-25-18(13-17-11-16(21(26)27)7-8-20(17)25)12-15-6-5-14(2)10-19(15)22(3,23)24/h6-8,10-11,13-14H,4-5,9,12H2,1-3H3,(H,26,27). The number of benzene rings is 1. The molecule has 0 fully saturated rings. The fraction of sp³-hybridized carbons (Fsp3) is 0.409. The number of carboxylic acid groups (broad SMARTS) is 1. The van der Waals surface area contributed by atoms with Gasteiger partial charge in [0.15, 0.2) is 0 Å². The highest BCUT2D eigenvalue weighted by Crippen LogP contribution is 2.37. The molecule has 0 bridgehead atoms. The van der Waals surface area contributed by atoms with Crippen LogP contribution in [0.15, 0.2) is 47.6 Å². The van der Waals surface area contributed by atoms with Crippen LogP contribution in [0.25, 0.3) is 10.9 Å². The number of alkyl halides is 2. The summed E-state index contributed by atoms with van der Waals surface area (Å²) >= 11 is 0. The number of aryl methyl sites for hydroxylation is 1. The summed E-state index contributed by atoms with van der Waals surface area (Å²) in [7, 11) is 0. The Labute approximate surface area is 158 Å². The lowest BCUT2D eigenvalue weighted by atomic mass is 9.86. The number of fused-ring (bicyclic) bond motifs is 1. The second-order valence-electron chi connectivity index (χ2n) is 7.45. The molecule has 1 aromatic heterocycles. The number of halogens is 2. The average Bonchev–Trinajstić information content (AvgIpc) is 2.92. The van der Waals surface area contributed by atoms with E-state index in [2.05, 4.69) is 11.5 Å². The first-order valence-corrected chi connectivity index (χ1v) is 9.35. The molecule has 0 spiro atoms. The van der Waals surface area contributed by atoms with Crippen LogP contribution in [-0.2, 0) is 13.0 Å². The van der Waals surface area contributed by atoms with Crippen LogP contribution in [0, 0.1) is 5.92 Å². The van der Waals surface area contributed by atoms with E-state index in [1.54, 1.807) is 24.3 Å². The molecule has 3 rings (SSSR count). The minimum atomic E-state index is -2.88. The number of carbonyl (C=O) groups is 1. The van der Waals surface area contributed by atoms with Gasteiger partial charge in [-0.15, -0.1) is 0 Å². The smallest absolute Gasteiger partial charge is 0.335 e. The van der Waals surface area contributed by atoms with Crippen LogP contribution in [0.3, 0.4) is 0 Å². The Morgan fingerprint density at radius 1 is 1.33 bits per heavy atom. The van der Waals surface area contributed by atoms with Gasteiger partial charge in [0.1, 0.15) is 0 Å². The van der Waals surface area contributed by atoms with E-state index in [4.69, 9.17) is 0 Å². The fourth-order valence-electron chi connectivity index (χ4n) is 3.78. The van der Waals surface area contributed by atoms with Crippen LogP contribution in [0.2, 0.25) is 0 Å². The summed E-state index contributed by atoms with van der Waals surface area (Å²) in [6.07, 6.45) is 5.68. The number of rotatable bonds is 6. The maximum Gasteiger partial charge on any atom is 0.335 e. The minimum Gasteiger partial charge on any atom is -0.478 e. The monoisotopic (exact) mass is 373 g/mol. The van der Waals surface area contributed by atoms with Crippen molar-refractivity contribution in [3.63, 3.8) is 0 Å². The number of allylic oxidation sites excluding steroid dienone is 4. The average molecular weight is 373 g/mol. The number of hydrogen-bond acceptors (Lipinski definition) is 1. The van der Waals surface area contributed by atoms with E-state index in [0.29, 0.717) is 12.0 Å². The molecule has 1 atom stereocenters. The summed E-state index contributed by atoms with van der Waals surface area (Å²) < 4.78 is 30.4. The van der Waals surface area contributed by atoms with Crippen molar-refractivity contribution in [1.82, 2.24) is 4.57 Å². The van der Waals surface area contributed by atoms with Gasteiger partial charge in [0.2, 0.25) is 0 Å². The summed E-state index contributed by atoms with van der Waals surface area (Å²) in [6, 6.07) is 6.98. The maximum atomic E-state index is 14.1. The third-order valence-corrected chi connectivity index (χ3v) is 5.06. The molecule has 0 saturated carbocycles. The van der Waals surface area contributed by atoms with Gasteiger partial charge >= 0.3 is 5.97 Å². The van der Waals surface area contributed by atoms with Gasteiger partial charge in [-0.25, -0.2) is 13.6 Å². The van der Waals surface area contributed by atoms with Gasteiger partial charge in [-0.3, -0.25) is 0 Å². The van der Waals surface area contributed by atoms with E-state index in [1.165, 1.54) is 0 Å². The molecule has 0 aliphatic heterocycles. The Kier molecular flexibility index (Phi) is 5.22. The molecule has 0 saturated heterocycles. The minimum absolute atomic E-state index is 0.106. The number of aromatic nitrogens is 1. The largest absolute Gasteiger partial charge is 0.478 e. The van der Waals surface area contributed by atoms with Crippen molar-refractivity contribution >= 4 is 16.9 Å². The first-order valence-electron chi connectivity index (χ1n) is 9.35. The van der Waals surface area contributed by atoms with Gasteiger partial charge in [-0.2, -0.15) is 0 Å². The van der Waals surface area contributed by atoms with Gasteiger partial charge in [-0.05, 0) is 48.6 Å². The van der Waals surface area contributed by atoms with E-state index in [0.717, 1.165) is 42.9 Å². The van der Waals surface area contributed by atoms with Crippen LogP contribution >= 0.6 is 0 Å². The van der Waals surface area contributed by atoms with Crippen molar-refractivity contribution in [3.8, 4) is 0 Å². The van der Waals surface area contributed by atoms with Gasteiger partial charge in [0.05, 0.1) is 5.56 Å². The molecule has 1 heterocycles. The maximum absolute atomic E-state index is 14.1. The predicted octanol–water partition coefficient (Wildman–Crippen LogP) is 5.84. The molecular formula is C22H25F2NO2. The number of hydrogen-bond donors (Lipinski definition) is 1. The van der Waals surface area contributed by atoms with Crippen molar-refractivity contribution < 1.29 is 18.7 Å². The zero-order valence-corrected chi connectivity index (χ0v) is 15.9. The number of aromatic carboxylic acids is 1. The summed E-state index contributed by atoms with van der Waals surface area (Å²) in [5.74, 6) is -3.74. The number of carboxylic acids is 1. The van der Waals surface area contributed by atoms with Gasteiger partial charge in [0, 0.05) is 42.1 Å². The fourth-order valence-corrected chi connectivity index (χ4v) is 3.78. The van der Waals surface area contributed by atoms with Crippen molar-refractivity contribution in [2.24, 2.45) is 5.92 Å². The van der Waals surface area contributed by atoms with Crippen LogP contribution in [0.4, 0.5) is 8.78 Å². The SMILES string of the molecule is CCCn1c(CC2=CCC(C)C=C2C(C)(F)F)cc2cc(C(=O)O)ccc21. The Balaban J connectivity index is 2.04. The van der Waals surface area contributed by atoms with E-state index in [1.807, 2.05) is 19.1 Å². The van der Waals surface area contributed by atoms with E-state index >= 15 is 0 Å². The van der Waals surface area contributed by atoms with E-state index in [9.17, 15) is 18.7 Å². The highest BCUT2D eigenvalue weighted by atomic mass is 19.3. The van der Waals surface area contributed by atoms with Crippen molar-refractivity contribution in [2.45, 2.75) is 52.5 Å². The molecule has 1 aliphatic rings. The van der Waals surface area contributed by atoms with Crippen molar-refractivity contribution in [2.75, 3.05) is 0 Å². The summed E-state index contributed by atoms with van der Waals surface area (Å²) in [5.41, 5.74) is 2.88. The first kappa shape index (κ1) is 19.3. The Hall–Kier alpha value is -2.43. The summed E-state index contributed by atoms with van der Waals surface area (Å²) in [4.78, 5) is 11.3. The third-order valence-electron chi connectivity index (χ3n) is 5.06. The van der Waals surface area contributed by atoms with Crippen molar-refractivity contribution in [1.29, 1.82) is 0 Å². The molecule has 1 unspecified atom stereocenters. The second kappa shape index (κ2) is 7.29. The molecule has 1 aromatic carbocycles. The van der Waals surface area contributed by atoms with Crippen LogP contribution < -0.4 is 0 Å². The van der Waals surface area contributed by atoms with E-state index < -0.39 is 11.9 Å². The zero-order valence-electron chi connectivity index (χ0n) is 15.9.